The van der Waals surface area contributed by atoms with Gasteiger partial charge in [-0.2, -0.15) is 0 Å². The SMILES string of the molecule is C=Cc1ncc(CC2CCCCCC2C)cc1NC(C)=O. The van der Waals surface area contributed by atoms with Crippen LogP contribution < -0.4 is 5.32 Å². The molecular formula is C18H26N2O. The van der Waals surface area contributed by atoms with Crippen LogP contribution in [0.1, 0.15) is 57.2 Å². The van der Waals surface area contributed by atoms with Gasteiger partial charge in [0, 0.05) is 13.1 Å². The van der Waals surface area contributed by atoms with E-state index in [1.165, 1.54) is 44.6 Å². The zero-order valence-electron chi connectivity index (χ0n) is 13.2. The smallest absolute Gasteiger partial charge is 0.221 e. The number of pyridine rings is 1. The first-order valence-corrected chi connectivity index (χ1v) is 7.99. The highest BCUT2D eigenvalue weighted by Gasteiger charge is 2.20. The molecule has 0 bridgehead atoms. The van der Waals surface area contributed by atoms with Gasteiger partial charge >= 0.3 is 0 Å². The third-order valence-corrected chi connectivity index (χ3v) is 4.52. The van der Waals surface area contributed by atoms with E-state index in [-0.39, 0.29) is 5.91 Å². The Balaban J connectivity index is 2.15. The number of rotatable bonds is 4. The summed E-state index contributed by atoms with van der Waals surface area (Å²) in [6, 6.07) is 2.06. The fourth-order valence-corrected chi connectivity index (χ4v) is 3.26. The molecule has 3 nitrogen and oxygen atoms in total. The van der Waals surface area contributed by atoms with Gasteiger partial charge in [-0.25, -0.2) is 0 Å². The molecule has 114 valence electrons. The Morgan fingerprint density at radius 2 is 2.19 bits per heavy atom. The number of hydrogen-bond donors (Lipinski definition) is 1. The second kappa shape index (κ2) is 7.39. The Hall–Kier alpha value is -1.64. The van der Waals surface area contributed by atoms with Crippen molar-refractivity contribution < 1.29 is 4.79 Å². The van der Waals surface area contributed by atoms with Crippen molar-refractivity contribution in [1.29, 1.82) is 0 Å². The van der Waals surface area contributed by atoms with E-state index in [4.69, 9.17) is 0 Å². The molecule has 1 aliphatic carbocycles. The lowest BCUT2D eigenvalue weighted by Gasteiger charge is -2.21. The summed E-state index contributed by atoms with van der Waals surface area (Å²) in [5.41, 5.74) is 2.72. The van der Waals surface area contributed by atoms with Crippen LogP contribution >= 0.6 is 0 Å². The molecule has 2 rings (SSSR count). The highest BCUT2D eigenvalue weighted by atomic mass is 16.1. The summed E-state index contributed by atoms with van der Waals surface area (Å²) in [5.74, 6) is 1.43. The molecule has 1 saturated carbocycles. The Morgan fingerprint density at radius 1 is 1.43 bits per heavy atom. The Morgan fingerprint density at radius 3 is 2.90 bits per heavy atom. The van der Waals surface area contributed by atoms with Gasteiger partial charge in [0.25, 0.3) is 0 Å². The van der Waals surface area contributed by atoms with E-state index >= 15 is 0 Å². The van der Waals surface area contributed by atoms with Crippen molar-refractivity contribution in [3.05, 3.63) is 30.1 Å². The monoisotopic (exact) mass is 286 g/mol. The van der Waals surface area contributed by atoms with Crippen molar-refractivity contribution in [2.75, 3.05) is 5.32 Å². The summed E-state index contributed by atoms with van der Waals surface area (Å²) in [5, 5.41) is 2.85. The lowest BCUT2D eigenvalue weighted by molar-refractivity contribution is -0.114. The second-order valence-electron chi connectivity index (χ2n) is 6.24. The molecule has 1 fully saturated rings. The molecule has 1 amide bonds. The van der Waals surface area contributed by atoms with E-state index in [0.717, 1.165) is 29.6 Å². The third kappa shape index (κ3) is 4.42. The largest absolute Gasteiger partial charge is 0.324 e. The molecular weight excluding hydrogens is 260 g/mol. The Kier molecular flexibility index (Phi) is 5.54. The van der Waals surface area contributed by atoms with Gasteiger partial charge in [0.05, 0.1) is 11.4 Å². The van der Waals surface area contributed by atoms with E-state index in [2.05, 4.69) is 29.9 Å². The van der Waals surface area contributed by atoms with Gasteiger partial charge in [-0.3, -0.25) is 9.78 Å². The van der Waals surface area contributed by atoms with Crippen molar-refractivity contribution in [3.8, 4) is 0 Å². The molecule has 1 heterocycles. The van der Waals surface area contributed by atoms with Gasteiger partial charge in [-0.15, -0.1) is 0 Å². The summed E-state index contributed by atoms with van der Waals surface area (Å²) >= 11 is 0. The molecule has 1 aromatic heterocycles. The molecule has 0 aliphatic heterocycles. The number of nitrogens with one attached hydrogen (secondary N) is 1. The number of hydrogen-bond acceptors (Lipinski definition) is 2. The van der Waals surface area contributed by atoms with Crippen molar-refractivity contribution in [1.82, 2.24) is 4.98 Å². The lowest BCUT2D eigenvalue weighted by Crippen LogP contribution is -2.14. The van der Waals surface area contributed by atoms with Crippen LogP contribution in [0.25, 0.3) is 6.08 Å². The molecule has 2 atom stereocenters. The number of carbonyl (C=O) groups excluding carboxylic acids is 1. The highest BCUT2D eigenvalue weighted by molar-refractivity contribution is 5.90. The van der Waals surface area contributed by atoms with Crippen molar-refractivity contribution in [3.63, 3.8) is 0 Å². The summed E-state index contributed by atoms with van der Waals surface area (Å²) in [4.78, 5) is 15.7. The summed E-state index contributed by atoms with van der Waals surface area (Å²) in [6.07, 6.45) is 11.4. The number of aromatic nitrogens is 1. The van der Waals surface area contributed by atoms with E-state index in [1.54, 1.807) is 6.08 Å². The zero-order valence-corrected chi connectivity index (χ0v) is 13.2. The first-order chi connectivity index (χ1) is 10.1. The Bertz CT molecular complexity index is 510. The summed E-state index contributed by atoms with van der Waals surface area (Å²) in [6.45, 7) is 7.65. The molecule has 1 N–H and O–H groups in total. The van der Waals surface area contributed by atoms with Crippen LogP contribution in [-0.2, 0) is 11.2 Å². The molecule has 21 heavy (non-hydrogen) atoms. The van der Waals surface area contributed by atoms with Crippen LogP contribution in [-0.4, -0.2) is 10.9 Å². The molecule has 0 aromatic carbocycles. The normalized spacial score (nSPS) is 22.4. The molecule has 1 aliphatic rings. The van der Waals surface area contributed by atoms with Crippen molar-refractivity contribution in [2.24, 2.45) is 11.8 Å². The van der Waals surface area contributed by atoms with Gasteiger partial charge in [0.15, 0.2) is 0 Å². The predicted molar refractivity (Wildman–Crippen MR) is 88.1 cm³/mol. The summed E-state index contributed by atoms with van der Waals surface area (Å²) in [7, 11) is 0. The standard InChI is InChI=1S/C18H26N2O/c1-4-17-18(20-14(3)21)11-15(12-19-17)10-16-9-7-5-6-8-13(16)2/h4,11-13,16H,1,5-10H2,2-3H3,(H,20,21). The van der Waals surface area contributed by atoms with Gasteiger partial charge in [-0.1, -0.05) is 39.2 Å². The number of carbonyl (C=O) groups is 1. The van der Waals surface area contributed by atoms with Gasteiger partial charge in [0.2, 0.25) is 5.91 Å². The number of nitrogens with zero attached hydrogens (tertiary/aromatic N) is 1. The fraction of sp³-hybridized carbons (Fsp3) is 0.556. The molecule has 0 radical (unpaired) electrons. The van der Waals surface area contributed by atoms with Gasteiger partial charge in [-0.05, 0) is 42.4 Å². The van der Waals surface area contributed by atoms with E-state index in [0.29, 0.717) is 0 Å². The van der Waals surface area contributed by atoms with Crippen molar-refractivity contribution in [2.45, 2.75) is 52.4 Å². The minimum Gasteiger partial charge on any atom is -0.324 e. The highest BCUT2D eigenvalue weighted by Crippen LogP contribution is 2.31. The van der Waals surface area contributed by atoms with Crippen LogP contribution in [0.5, 0.6) is 0 Å². The molecule has 0 saturated heterocycles. The average molecular weight is 286 g/mol. The molecule has 2 unspecified atom stereocenters. The topological polar surface area (TPSA) is 42.0 Å². The van der Waals surface area contributed by atoms with Crippen LogP contribution in [0.4, 0.5) is 5.69 Å². The first-order valence-electron chi connectivity index (χ1n) is 7.99. The van der Waals surface area contributed by atoms with Gasteiger partial charge < -0.3 is 5.32 Å². The first kappa shape index (κ1) is 15.7. The van der Waals surface area contributed by atoms with E-state index < -0.39 is 0 Å². The third-order valence-electron chi connectivity index (χ3n) is 4.52. The zero-order chi connectivity index (χ0) is 15.2. The predicted octanol–water partition coefficient (Wildman–Crippen LogP) is 4.44. The fourth-order valence-electron chi connectivity index (χ4n) is 3.26. The quantitative estimate of drug-likeness (QED) is 0.831. The molecule has 0 spiro atoms. The molecule has 3 heteroatoms. The number of anilines is 1. The minimum absolute atomic E-state index is 0.0696. The lowest BCUT2D eigenvalue weighted by atomic mass is 9.85. The van der Waals surface area contributed by atoms with Crippen LogP contribution in [0.3, 0.4) is 0 Å². The maximum absolute atomic E-state index is 11.3. The maximum atomic E-state index is 11.3. The van der Waals surface area contributed by atoms with Crippen molar-refractivity contribution >= 4 is 17.7 Å². The minimum atomic E-state index is -0.0696. The van der Waals surface area contributed by atoms with Crippen LogP contribution in [0.2, 0.25) is 0 Å². The number of amides is 1. The van der Waals surface area contributed by atoms with E-state index in [1.807, 2.05) is 6.20 Å². The maximum Gasteiger partial charge on any atom is 0.221 e. The Labute approximate surface area is 127 Å². The van der Waals surface area contributed by atoms with E-state index in [9.17, 15) is 4.79 Å². The van der Waals surface area contributed by atoms with Crippen LogP contribution in [0, 0.1) is 11.8 Å². The van der Waals surface area contributed by atoms with Gasteiger partial charge in [0.1, 0.15) is 0 Å². The summed E-state index contributed by atoms with van der Waals surface area (Å²) < 4.78 is 0. The average Bonchev–Trinajstić information content (AvgIpc) is 2.64. The molecule has 1 aromatic rings. The van der Waals surface area contributed by atoms with Crippen LogP contribution in [0.15, 0.2) is 18.8 Å². The second-order valence-corrected chi connectivity index (χ2v) is 6.24.